The van der Waals surface area contributed by atoms with Gasteiger partial charge in [-0.3, -0.25) is 9.69 Å². The maximum Gasteiger partial charge on any atom is 0.270 e. The summed E-state index contributed by atoms with van der Waals surface area (Å²) in [6.45, 7) is 0.772. The molecule has 0 bridgehead atoms. The molecule has 0 unspecified atom stereocenters. The number of para-hydroxylation sites is 2. The second-order valence-corrected chi connectivity index (χ2v) is 8.63. The van der Waals surface area contributed by atoms with Gasteiger partial charge in [0.25, 0.3) is 5.91 Å². The van der Waals surface area contributed by atoms with E-state index in [9.17, 15) is 4.79 Å². The van der Waals surface area contributed by atoms with Crippen molar-refractivity contribution in [3.63, 3.8) is 0 Å². The number of benzene rings is 3. The molecular weight excluding hydrogens is 450 g/mol. The SMILES string of the molecule is O=C1C(=Cc2ccc(OCCOc3ccccc3Cl)cc2)SC(=S)N1c1ccccc1. The van der Waals surface area contributed by atoms with Crippen LogP contribution in [0.25, 0.3) is 6.08 Å². The van der Waals surface area contributed by atoms with Crippen LogP contribution < -0.4 is 14.4 Å². The highest BCUT2D eigenvalue weighted by Gasteiger charge is 2.33. The van der Waals surface area contributed by atoms with E-state index in [0.29, 0.717) is 33.2 Å². The summed E-state index contributed by atoms with van der Waals surface area (Å²) in [6, 6.07) is 24.3. The fraction of sp³-hybridized carbons (Fsp3) is 0.0833. The summed E-state index contributed by atoms with van der Waals surface area (Å²) in [5.41, 5.74) is 1.67. The first-order chi connectivity index (χ1) is 15.1. The standard InChI is InChI=1S/C24H18ClNO3S2/c25-20-8-4-5-9-21(20)29-15-14-28-19-12-10-17(11-13-19)16-22-23(27)26(24(30)31-22)18-6-2-1-3-7-18/h1-13,16H,14-15H2. The summed E-state index contributed by atoms with van der Waals surface area (Å²) in [7, 11) is 0. The summed E-state index contributed by atoms with van der Waals surface area (Å²) < 4.78 is 11.9. The predicted molar refractivity (Wildman–Crippen MR) is 131 cm³/mol. The van der Waals surface area contributed by atoms with Crippen molar-refractivity contribution in [1.82, 2.24) is 0 Å². The predicted octanol–water partition coefficient (Wildman–Crippen LogP) is 6.20. The molecule has 0 radical (unpaired) electrons. The second kappa shape index (κ2) is 10.0. The van der Waals surface area contributed by atoms with Crippen molar-refractivity contribution in [1.29, 1.82) is 0 Å². The van der Waals surface area contributed by atoms with Gasteiger partial charge in [0.05, 0.1) is 15.6 Å². The average molecular weight is 468 g/mol. The second-order valence-electron chi connectivity index (χ2n) is 6.55. The Balaban J connectivity index is 1.34. The molecule has 1 saturated heterocycles. The summed E-state index contributed by atoms with van der Waals surface area (Å²) in [4.78, 5) is 15.0. The number of amides is 1. The molecule has 1 heterocycles. The molecule has 0 N–H and O–H groups in total. The van der Waals surface area contributed by atoms with Crippen LogP contribution in [0.5, 0.6) is 11.5 Å². The van der Waals surface area contributed by atoms with Crippen LogP contribution in [0.2, 0.25) is 5.02 Å². The van der Waals surface area contributed by atoms with E-state index in [-0.39, 0.29) is 5.91 Å². The van der Waals surface area contributed by atoms with Gasteiger partial charge >= 0.3 is 0 Å². The molecule has 0 aromatic heterocycles. The van der Waals surface area contributed by atoms with Crippen LogP contribution in [-0.4, -0.2) is 23.4 Å². The van der Waals surface area contributed by atoms with Crippen LogP contribution in [0.4, 0.5) is 5.69 Å². The number of ether oxygens (including phenoxy) is 2. The topological polar surface area (TPSA) is 38.8 Å². The minimum Gasteiger partial charge on any atom is -0.490 e. The first kappa shape index (κ1) is 21.4. The van der Waals surface area contributed by atoms with Crippen molar-refractivity contribution >= 4 is 57.6 Å². The molecule has 0 atom stereocenters. The number of carbonyl (C=O) groups is 1. The Labute approximate surface area is 195 Å². The van der Waals surface area contributed by atoms with Gasteiger partial charge < -0.3 is 9.47 Å². The number of hydrogen-bond donors (Lipinski definition) is 0. The molecule has 1 fully saturated rings. The van der Waals surface area contributed by atoms with Gasteiger partial charge in [-0.15, -0.1) is 0 Å². The van der Waals surface area contributed by atoms with Crippen LogP contribution in [-0.2, 0) is 4.79 Å². The Hall–Kier alpha value is -2.80. The van der Waals surface area contributed by atoms with E-state index in [1.165, 1.54) is 11.8 Å². The number of thiocarbonyl (C=S) groups is 1. The quantitative estimate of drug-likeness (QED) is 0.235. The van der Waals surface area contributed by atoms with E-state index < -0.39 is 0 Å². The van der Waals surface area contributed by atoms with Crippen molar-refractivity contribution < 1.29 is 14.3 Å². The summed E-state index contributed by atoms with van der Waals surface area (Å²) in [6.07, 6.45) is 1.84. The first-order valence-corrected chi connectivity index (χ1v) is 11.2. The van der Waals surface area contributed by atoms with Crippen molar-refractivity contribution in [2.45, 2.75) is 0 Å². The van der Waals surface area contributed by atoms with Gasteiger partial charge in [0.1, 0.15) is 24.7 Å². The molecule has 1 aliphatic heterocycles. The highest BCUT2D eigenvalue weighted by Crippen LogP contribution is 2.36. The first-order valence-electron chi connectivity index (χ1n) is 9.55. The minimum atomic E-state index is -0.113. The largest absolute Gasteiger partial charge is 0.490 e. The van der Waals surface area contributed by atoms with Gasteiger partial charge in [-0.05, 0) is 48.0 Å². The van der Waals surface area contributed by atoms with Gasteiger partial charge in [0.2, 0.25) is 0 Å². The molecule has 0 spiro atoms. The monoisotopic (exact) mass is 467 g/mol. The van der Waals surface area contributed by atoms with Gasteiger partial charge in [-0.1, -0.05) is 78.0 Å². The molecule has 156 valence electrons. The number of halogens is 1. The average Bonchev–Trinajstić information content (AvgIpc) is 3.07. The van der Waals surface area contributed by atoms with Gasteiger partial charge in [-0.2, -0.15) is 0 Å². The van der Waals surface area contributed by atoms with Crippen LogP contribution in [0, 0.1) is 0 Å². The molecule has 31 heavy (non-hydrogen) atoms. The third-order valence-electron chi connectivity index (χ3n) is 4.43. The van der Waals surface area contributed by atoms with Crippen molar-refractivity contribution in [2.24, 2.45) is 0 Å². The normalized spacial score (nSPS) is 14.9. The zero-order valence-corrected chi connectivity index (χ0v) is 18.8. The van der Waals surface area contributed by atoms with Crippen molar-refractivity contribution in [2.75, 3.05) is 18.1 Å². The zero-order chi connectivity index (χ0) is 21.6. The van der Waals surface area contributed by atoms with Crippen LogP contribution >= 0.6 is 35.6 Å². The molecule has 0 saturated carbocycles. The molecule has 1 aliphatic rings. The smallest absolute Gasteiger partial charge is 0.270 e. The molecule has 7 heteroatoms. The maximum atomic E-state index is 12.8. The molecule has 0 aliphatic carbocycles. The third kappa shape index (κ3) is 5.28. The molecular formula is C24H18ClNO3S2. The molecule has 3 aromatic rings. The maximum absolute atomic E-state index is 12.8. The number of hydrogen-bond acceptors (Lipinski definition) is 5. The fourth-order valence-corrected chi connectivity index (χ4v) is 4.44. The van der Waals surface area contributed by atoms with E-state index >= 15 is 0 Å². The Morgan fingerprint density at radius 3 is 2.32 bits per heavy atom. The number of carbonyl (C=O) groups excluding carboxylic acids is 1. The highest BCUT2D eigenvalue weighted by molar-refractivity contribution is 8.27. The lowest BCUT2D eigenvalue weighted by Crippen LogP contribution is -2.27. The Morgan fingerprint density at radius 2 is 1.58 bits per heavy atom. The third-order valence-corrected chi connectivity index (χ3v) is 6.05. The van der Waals surface area contributed by atoms with E-state index in [2.05, 4.69) is 0 Å². The Bertz CT molecular complexity index is 1120. The van der Waals surface area contributed by atoms with Gasteiger partial charge in [0, 0.05) is 0 Å². The fourth-order valence-electron chi connectivity index (χ4n) is 2.95. The Kier molecular flexibility index (Phi) is 6.92. The lowest BCUT2D eigenvalue weighted by molar-refractivity contribution is -0.113. The molecule has 4 nitrogen and oxygen atoms in total. The summed E-state index contributed by atoms with van der Waals surface area (Å²) in [5, 5.41) is 0.574. The summed E-state index contributed by atoms with van der Waals surface area (Å²) >= 11 is 12.8. The molecule has 3 aromatic carbocycles. The van der Waals surface area contributed by atoms with Crippen LogP contribution in [0.3, 0.4) is 0 Å². The number of rotatable bonds is 7. The minimum absolute atomic E-state index is 0.113. The van der Waals surface area contributed by atoms with E-state index in [1.54, 1.807) is 11.0 Å². The van der Waals surface area contributed by atoms with E-state index in [4.69, 9.17) is 33.3 Å². The number of thioether (sulfide) groups is 1. The Morgan fingerprint density at radius 1 is 0.903 bits per heavy atom. The lowest BCUT2D eigenvalue weighted by atomic mass is 10.2. The van der Waals surface area contributed by atoms with Crippen molar-refractivity contribution in [3.8, 4) is 11.5 Å². The van der Waals surface area contributed by atoms with Crippen molar-refractivity contribution in [3.05, 3.63) is 94.4 Å². The molecule has 4 rings (SSSR count). The van der Waals surface area contributed by atoms with Gasteiger partial charge in [-0.25, -0.2) is 0 Å². The van der Waals surface area contributed by atoms with Crippen LogP contribution in [0.15, 0.2) is 83.8 Å². The number of anilines is 1. The highest BCUT2D eigenvalue weighted by atomic mass is 35.5. The van der Waals surface area contributed by atoms with Crippen LogP contribution in [0.1, 0.15) is 5.56 Å². The lowest BCUT2D eigenvalue weighted by Gasteiger charge is -2.13. The van der Waals surface area contributed by atoms with E-state index in [0.717, 1.165) is 17.0 Å². The zero-order valence-electron chi connectivity index (χ0n) is 16.4. The number of nitrogens with zero attached hydrogens (tertiary/aromatic N) is 1. The summed E-state index contributed by atoms with van der Waals surface area (Å²) in [5.74, 6) is 1.24. The van der Waals surface area contributed by atoms with E-state index in [1.807, 2.05) is 78.9 Å². The molecule has 1 amide bonds. The van der Waals surface area contributed by atoms with Gasteiger partial charge in [0.15, 0.2) is 4.32 Å².